The molecule has 5 nitrogen and oxygen atoms in total. The van der Waals surface area contributed by atoms with Crippen LogP contribution in [0.15, 0.2) is 41.6 Å². The zero-order valence-corrected chi connectivity index (χ0v) is 19.3. The molecule has 3 aromatic rings. The minimum atomic E-state index is -0.375. The average Bonchev–Trinajstić information content (AvgIpc) is 3.01. The first-order valence-electron chi connectivity index (χ1n) is 8.48. The van der Waals surface area contributed by atoms with Crippen LogP contribution in [0.2, 0.25) is 20.1 Å². The van der Waals surface area contributed by atoms with E-state index < -0.39 is 0 Å². The number of aromatic nitrogens is 3. The van der Waals surface area contributed by atoms with Crippen LogP contribution >= 0.6 is 58.2 Å². The van der Waals surface area contributed by atoms with Gasteiger partial charge >= 0.3 is 0 Å². The normalized spacial score (nSPS) is 12.1. The molecular weight excluding hydrogens is 474 g/mol. The second kappa shape index (κ2) is 9.58. The first-order chi connectivity index (χ1) is 13.8. The summed E-state index contributed by atoms with van der Waals surface area (Å²) in [6.45, 7) is 1.83. The highest BCUT2D eigenvalue weighted by atomic mass is 35.5. The van der Waals surface area contributed by atoms with E-state index in [4.69, 9.17) is 46.4 Å². The molecule has 2 aromatic carbocycles. The Hall–Kier alpha value is -1.44. The molecule has 0 aliphatic heterocycles. The van der Waals surface area contributed by atoms with Gasteiger partial charge in [0.25, 0.3) is 5.91 Å². The van der Waals surface area contributed by atoms with E-state index in [1.807, 2.05) is 24.6 Å². The van der Waals surface area contributed by atoms with Gasteiger partial charge in [-0.2, -0.15) is 0 Å². The van der Waals surface area contributed by atoms with Crippen LogP contribution in [-0.4, -0.2) is 20.7 Å². The lowest BCUT2D eigenvalue weighted by molar-refractivity contribution is 0.0938. The van der Waals surface area contributed by atoms with Gasteiger partial charge in [-0.1, -0.05) is 64.2 Å². The van der Waals surface area contributed by atoms with Crippen molar-refractivity contribution < 1.29 is 4.79 Å². The molecule has 152 valence electrons. The Bertz CT molecular complexity index is 1060. The topological polar surface area (TPSA) is 59.8 Å². The molecule has 0 fully saturated rings. The number of hydrogen-bond donors (Lipinski definition) is 1. The summed E-state index contributed by atoms with van der Waals surface area (Å²) in [4.78, 5) is 12.5. The van der Waals surface area contributed by atoms with E-state index in [2.05, 4.69) is 15.5 Å². The summed E-state index contributed by atoms with van der Waals surface area (Å²) in [5.74, 6) is 0.917. The third kappa shape index (κ3) is 5.38. The standard InChI is InChI=1S/C19H16Cl4N4OS/c1-10(24-18(28)14-6-5-13(21)8-16(14)23)17-25-26-19(27(17)2)29-9-11-3-4-12(20)7-15(11)22/h3-8,10H,9H2,1-2H3,(H,24,28)/t10-/m1/s1. The molecule has 0 aliphatic rings. The maximum Gasteiger partial charge on any atom is 0.253 e. The number of nitrogens with zero attached hydrogens (tertiary/aromatic N) is 3. The molecule has 0 radical (unpaired) electrons. The van der Waals surface area contributed by atoms with Crippen molar-refractivity contribution in [2.45, 2.75) is 23.9 Å². The summed E-state index contributed by atoms with van der Waals surface area (Å²) in [7, 11) is 1.85. The van der Waals surface area contributed by atoms with Crippen molar-refractivity contribution in [3.05, 3.63) is 73.4 Å². The third-order valence-corrected chi connectivity index (χ3v) is 6.35. The molecule has 0 aliphatic carbocycles. The lowest BCUT2D eigenvalue weighted by Gasteiger charge is -2.14. The van der Waals surface area contributed by atoms with Crippen LogP contribution in [0.3, 0.4) is 0 Å². The van der Waals surface area contributed by atoms with Crippen LogP contribution < -0.4 is 5.32 Å². The molecule has 1 aromatic heterocycles. The fraction of sp³-hybridized carbons (Fsp3) is 0.211. The van der Waals surface area contributed by atoms with Crippen molar-refractivity contribution in [2.24, 2.45) is 7.05 Å². The van der Waals surface area contributed by atoms with Gasteiger partial charge in [0.2, 0.25) is 0 Å². The Kier molecular flexibility index (Phi) is 7.35. The highest BCUT2D eigenvalue weighted by Crippen LogP contribution is 2.28. The predicted molar refractivity (Wildman–Crippen MR) is 119 cm³/mol. The molecule has 0 saturated carbocycles. The van der Waals surface area contributed by atoms with Crippen molar-refractivity contribution in [3.63, 3.8) is 0 Å². The van der Waals surface area contributed by atoms with Crippen molar-refractivity contribution >= 4 is 64.1 Å². The molecule has 0 spiro atoms. The molecule has 3 rings (SSSR count). The Labute approximate surface area is 192 Å². The number of carbonyl (C=O) groups is 1. The highest BCUT2D eigenvalue weighted by Gasteiger charge is 2.20. The van der Waals surface area contributed by atoms with Gasteiger partial charge in [-0.3, -0.25) is 4.79 Å². The molecule has 10 heteroatoms. The van der Waals surface area contributed by atoms with Crippen molar-refractivity contribution in [3.8, 4) is 0 Å². The third-order valence-electron chi connectivity index (χ3n) is 4.15. The molecule has 1 heterocycles. The summed E-state index contributed by atoms with van der Waals surface area (Å²) in [5.41, 5.74) is 1.29. The zero-order valence-electron chi connectivity index (χ0n) is 15.4. The molecular formula is C19H16Cl4N4OS. The van der Waals surface area contributed by atoms with Gasteiger partial charge in [0.15, 0.2) is 11.0 Å². The highest BCUT2D eigenvalue weighted by molar-refractivity contribution is 7.98. The SMILES string of the molecule is C[C@@H](NC(=O)c1ccc(Cl)cc1Cl)c1nnc(SCc2ccc(Cl)cc2Cl)n1C. The van der Waals surface area contributed by atoms with E-state index in [9.17, 15) is 4.79 Å². The second-order valence-corrected chi connectivity index (χ2v) is 8.87. The zero-order chi connectivity index (χ0) is 21.1. The van der Waals surface area contributed by atoms with Crippen molar-refractivity contribution in [1.82, 2.24) is 20.1 Å². The number of benzene rings is 2. The molecule has 1 N–H and O–H groups in total. The maximum absolute atomic E-state index is 12.5. The van der Waals surface area contributed by atoms with E-state index in [0.717, 1.165) is 5.56 Å². The van der Waals surface area contributed by atoms with E-state index in [1.54, 1.807) is 24.3 Å². The van der Waals surface area contributed by atoms with Gasteiger partial charge in [-0.05, 0) is 42.8 Å². The number of nitrogens with one attached hydrogen (secondary N) is 1. The first-order valence-corrected chi connectivity index (χ1v) is 11.0. The Morgan fingerprint density at radius 2 is 1.72 bits per heavy atom. The number of amides is 1. The Morgan fingerprint density at radius 3 is 2.38 bits per heavy atom. The van der Waals surface area contributed by atoms with Crippen LogP contribution in [0.4, 0.5) is 0 Å². The summed E-state index contributed by atoms with van der Waals surface area (Å²) in [6, 6.07) is 9.74. The predicted octanol–water partition coefficient (Wildman–Crippen LogP) is 6.21. The van der Waals surface area contributed by atoms with Gasteiger partial charge < -0.3 is 9.88 Å². The van der Waals surface area contributed by atoms with Crippen LogP contribution in [0.5, 0.6) is 0 Å². The fourth-order valence-electron chi connectivity index (χ4n) is 2.62. The summed E-state index contributed by atoms with van der Waals surface area (Å²) < 4.78 is 1.84. The van der Waals surface area contributed by atoms with Crippen LogP contribution in [0.1, 0.15) is 34.7 Å². The van der Waals surface area contributed by atoms with Gasteiger partial charge in [-0.25, -0.2) is 0 Å². The van der Waals surface area contributed by atoms with Gasteiger partial charge in [0.1, 0.15) is 0 Å². The minimum Gasteiger partial charge on any atom is -0.342 e. The average molecular weight is 490 g/mol. The fourth-order valence-corrected chi connectivity index (χ4v) is 4.59. The van der Waals surface area contributed by atoms with Gasteiger partial charge in [0.05, 0.1) is 16.6 Å². The van der Waals surface area contributed by atoms with Gasteiger partial charge in [0, 0.05) is 27.9 Å². The molecule has 0 unspecified atom stereocenters. The number of rotatable bonds is 6. The largest absolute Gasteiger partial charge is 0.342 e. The van der Waals surface area contributed by atoms with E-state index in [-0.39, 0.29) is 17.0 Å². The van der Waals surface area contributed by atoms with Crippen molar-refractivity contribution in [2.75, 3.05) is 0 Å². The van der Waals surface area contributed by atoms with Crippen LogP contribution in [-0.2, 0) is 12.8 Å². The Balaban J connectivity index is 1.68. The van der Waals surface area contributed by atoms with Crippen molar-refractivity contribution in [1.29, 1.82) is 0 Å². The van der Waals surface area contributed by atoms with E-state index >= 15 is 0 Å². The lowest BCUT2D eigenvalue weighted by atomic mass is 10.2. The summed E-state index contributed by atoms with van der Waals surface area (Å²) in [5, 5.41) is 14.0. The molecule has 0 saturated heterocycles. The summed E-state index contributed by atoms with van der Waals surface area (Å²) in [6.07, 6.45) is 0. The minimum absolute atomic E-state index is 0.288. The first kappa shape index (κ1) is 22.2. The Morgan fingerprint density at radius 1 is 1.07 bits per heavy atom. The number of thioether (sulfide) groups is 1. The number of carbonyl (C=O) groups excluding carboxylic acids is 1. The van der Waals surface area contributed by atoms with Crippen LogP contribution in [0.25, 0.3) is 0 Å². The monoisotopic (exact) mass is 488 g/mol. The lowest BCUT2D eigenvalue weighted by Crippen LogP contribution is -2.28. The number of halogens is 4. The van der Waals surface area contributed by atoms with Crippen LogP contribution in [0, 0.1) is 0 Å². The van der Waals surface area contributed by atoms with Gasteiger partial charge in [-0.15, -0.1) is 10.2 Å². The molecule has 1 atom stereocenters. The maximum atomic E-state index is 12.5. The molecule has 1 amide bonds. The second-order valence-electron chi connectivity index (χ2n) is 6.24. The summed E-state index contributed by atoms with van der Waals surface area (Å²) >= 11 is 25.6. The number of hydrogen-bond acceptors (Lipinski definition) is 4. The molecule has 0 bridgehead atoms. The quantitative estimate of drug-likeness (QED) is 0.418. The van der Waals surface area contributed by atoms with E-state index in [0.29, 0.717) is 37.4 Å². The molecule has 29 heavy (non-hydrogen) atoms. The van der Waals surface area contributed by atoms with E-state index in [1.165, 1.54) is 17.8 Å². The smallest absolute Gasteiger partial charge is 0.253 e.